The molecule has 2 heterocycles. The summed E-state index contributed by atoms with van der Waals surface area (Å²) in [5, 5.41) is 13.6. The molecule has 0 saturated carbocycles. The van der Waals surface area contributed by atoms with Crippen LogP contribution in [0.25, 0.3) is 0 Å². The Kier molecular flexibility index (Phi) is 7.45. The summed E-state index contributed by atoms with van der Waals surface area (Å²) in [4.78, 5) is 19.1. The van der Waals surface area contributed by atoms with Gasteiger partial charge in [0, 0.05) is 34.8 Å². The first-order valence-electron chi connectivity index (χ1n) is 11.8. The lowest BCUT2D eigenvalue weighted by atomic mass is 9.63. The van der Waals surface area contributed by atoms with Crippen molar-refractivity contribution in [1.29, 1.82) is 5.26 Å². The van der Waals surface area contributed by atoms with Crippen LogP contribution in [0.5, 0.6) is 0 Å². The molecule has 1 fully saturated rings. The zero-order valence-corrected chi connectivity index (χ0v) is 22.1. The summed E-state index contributed by atoms with van der Waals surface area (Å²) in [6.45, 7) is 6.08. The molecule has 1 aromatic heterocycles. The average Bonchev–Trinajstić information content (AvgIpc) is 3.14. The van der Waals surface area contributed by atoms with Gasteiger partial charge in [0.1, 0.15) is 17.0 Å². The molecule has 1 N–H and O–H groups in total. The topological polar surface area (TPSA) is 69.0 Å². The third kappa shape index (κ3) is 5.14. The second kappa shape index (κ2) is 10.3. The highest BCUT2D eigenvalue weighted by Crippen LogP contribution is 2.56. The standard InChI is InChI=1S/C28H26Cl2F2N4O/c1-27(2,3)13-17-15-36(26(37)35-19-6-5-11-34-14-19)25(20-7-4-8-22(30)24(20)32)28(17,16-33)21-10-9-18(29)12-23(21)31/h4-12,14,17,25H,13,15H2,1-3H3,(H,35,37)/t17-,25-,28-/m1/s1. The van der Waals surface area contributed by atoms with Crippen LogP contribution in [0.15, 0.2) is 60.9 Å². The van der Waals surface area contributed by atoms with Crippen LogP contribution < -0.4 is 5.32 Å². The lowest BCUT2D eigenvalue weighted by Gasteiger charge is -2.38. The SMILES string of the molecule is CC(C)(C)C[C@@H]1CN(C(=O)Nc2cccnc2)[C@H](c2cccc(Cl)c2F)[C@@]1(C#N)c1ccc(Cl)cc1F. The van der Waals surface area contributed by atoms with Crippen LogP contribution in [-0.2, 0) is 5.41 Å². The van der Waals surface area contributed by atoms with Crippen molar-refractivity contribution < 1.29 is 13.6 Å². The number of hydrogen-bond acceptors (Lipinski definition) is 3. The summed E-state index contributed by atoms with van der Waals surface area (Å²) in [7, 11) is 0. The molecule has 2 aromatic carbocycles. The molecular formula is C28H26Cl2F2N4O. The Labute approximate surface area is 225 Å². The van der Waals surface area contributed by atoms with Crippen molar-refractivity contribution in [1.82, 2.24) is 9.88 Å². The zero-order chi connectivity index (χ0) is 27.0. The number of halogens is 4. The number of urea groups is 1. The molecule has 3 aromatic rings. The van der Waals surface area contributed by atoms with E-state index in [9.17, 15) is 10.1 Å². The number of likely N-dealkylation sites (tertiary alicyclic amines) is 1. The number of benzene rings is 2. The van der Waals surface area contributed by atoms with Gasteiger partial charge in [-0.15, -0.1) is 0 Å². The number of nitrogens with one attached hydrogen (secondary N) is 1. The Morgan fingerprint density at radius 3 is 2.59 bits per heavy atom. The van der Waals surface area contributed by atoms with Gasteiger partial charge in [0.15, 0.2) is 0 Å². The van der Waals surface area contributed by atoms with Crippen LogP contribution in [0.2, 0.25) is 10.0 Å². The van der Waals surface area contributed by atoms with Gasteiger partial charge in [-0.05, 0) is 42.2 Å². The molecule has 3 atom stereocenters. The third-order valence-corrected chi connectivity index (χ3v) is 7.20. The highest BCUT2D eigenvalue weighted by Gasteiger charge is 2.60. The lowest BCUT2D eigenvalue weighted by molar-refractivity contribution is 0.198. The van der Waals surface area contributed by atoms with Crippen molar-refractivity contribution in [2.24, 2.45) is 11.3 Å². The number of amides is 2. The molecule has 37 heavy (non-hydrogen) atoms. The Hall–Kier alpha value is -3.21. The normalized spacial score (nSPS) is 21.5. The van der Waals surface area contributed by atoms with E-state index in [1.807, 2.05) is 20.8 Å². The maximum Gasteiger partial charge on any atom is 0.322 e. The van der Waals surface area contributed by atoms with E-state index in [2.05, 4.69) is 16.4 Å². The van der Waals surface area contributed by atoms with Gasteiger partial charge in [0.2, 0.25) is 0 Å². The average molecular weight is 543 g/mol. The van der Waals surface area contributed by atoms with Gasteiger partial charge in [-0.25, -0.2) is 13.6 Å². The molecule has 1 aliphatic rings. The fraction of sp³-hybridized carbons (Fsp3) is 0.321. The van der Waals surface area contributed by atoms with Crippen molar-refractivity contribution in [3.63, 3.8) is 0 Å². The number of carbonyl (C=O) groups is 1. The molecular weight excluding hydrogens is 517 g/mol. The number of nitrogens with zero attached hydrogens (tertiary/aromatic N) is 3. The minimum atomic E-state index is -1.64. The molecule has 1 saturated heterocycles. The Balaban J connectivity index is 1.98. The fourth-order valence-electron chi connectivity index (χ4n) is 5.30. The Morgan fingerprint density at radius 2 is 1.97 bits per heavy atom. The van der Waals surface area contributed by atoms with E-state index in [0.717, 1.165) is 6.07 Å². The summed E-state index contributed by atoms with van der Waals surface area (Å²) in [5.41, 5.74) is -1.42. The predicted octanol–water partition coefficient (Wildman–Crippen LogP) is 7.77. The summed E-state index contributed by atoms with van der Waals surface area (Å²) < 4.78 is 31.2. The monoisotopic (exact) mass is 542 g/mol. The van der Waals surface area contributed by atoms with Crippen LogP contribution in [0, 0.1) is 34.3 Å². The highest BCUT2D eigenvalue weighted by atomic mass is 35.5. The van der Waals surface area contributed by atoms with Crippen LogP contribution in [-0.4, -0.2) is 22.5 Å². The second-order valence-corrected chi connectivity index (χ2v) is 11.3. The second-order valence-electron chi connectivity index (χ2n) is 10.4. The van der Waals surface area contributed by atoms with Crippen molar-refractivity contribution >= 4 is 34.9 Å². The fourth-order valence-corrected chi connectivity index (χ4v) is 5.64. The Bertz CT molecular complexity index is 1360. The van der Waals surface area contributed by atoms with Gasteiger partial charge in [-0.2, -0.15) is 5.26 Å². The van der Waals surface area contributed by atoms with Gasteiger partial charge < -0.3 is 10.2 Å². The first kappa shape index (κ1) is 26.8. The van der Waals surface area contributed by atoms with Gasteiger partial charge >= 0.3 is 6.03 Å². The molecule has 192 valence electrons. The molecule has 9 heteroatoms. The molecule has 4 rings (SSSR count). The number of hydrogen-bond donors (Lipinski definition) is 1. The predicted molar refractivity (Wildman–Crippen MR) is 140 cm³/mol. The molecule has 0 spiro atoms. The minimum absolute atomic E-state index is 0.0288. The van der Waals surface area contributed by atoms with Gasteiger partial charge in [-0.3, -0.25) is 4.98 Å². The number of pyridine rings is 1. The third-order valence-electron chi connectivity index (χ3n) is 6.67. The quantitative estimate of drug-likeness (QED) is 0.366. The van der Waals surface area contributed by atoms with Crippen molar-refractivity contribution in [3.8, 4) is 6.07 Å². The number of carbonyl (C=O) groups excluding carboxylic acids is 1. The molecule has 1 aliphatic heterocycles. The van der Waals surface area contributed by atoms with E-state index in [1.165, 1.54) is 35.4 Å². The molecule has 0 radical (unpaired) electrons. The molecule has 2 amide bonds. The molecule has 5 nitrogen and oxygen atoms in total. The number of rotatable bonds is 4. The number of nitriles is 1. The van der Waals surface area contributed by atoms with E-state index in [0.29, 0.717) is 12.1 Å². The summed E-state index contributed by atoms with van der Waals surface area (Å²) in [6, 6.07) is 12.4. The van der Waals surface area contributed by atoms with Gasteiger partial charge in [0.05, 0.1) is 29.0 Å². The summed E-state index contributed by atoms with van der Waals surface area (Å²) in [6.07, 6.45) is 3.50. The smallest absolute Gasteiger partial charge is 0.315 e. The summed E-state index contributed by atoms with van der Waals surface area (Å²) >= 11 is 12.2. The van der Waals surface area contributed by atoms with Crippen LogP contribution in [0.4, 0.5) is 19.3 Å². The highest BCUT2D eigenvalue weighted by molar-refractivity contribution is 6.31. The van der Waals surface area contributed by atoms with Gasteiger partial charge in [0.25, 0.3) is 0 Å². The lowest BCUT2D eigenvalue weighted by Crippen LogP contribution is -2.42. The molecule has 0 unspecified atom stereocenters. The first-order valence-corrected chi connectivity index (χ1v) is 12.5. The van der Waals surface area contributed by atoms with Crippen molar-refractivity contribution in [3.05, 3.63) is 93.7 Å². The van der Waals surface area contributed by atoms with E-state index in [-0.39, 0.29) is 33.1 Å². The maximum atomic E-state index is 15.6. The van der Waals surface area contributed by atoms with E-state index < -0.39 is 35.0 Å². The number of anilines is 1. The molecule has 0 aliphatic carbocycles. The largest absolute Gasteiger partial charge is 0.322 e. The van der Waals surface area contributed by atoms with Crippen molar-refractivity contribution in [2.75, 3.05) is 11.9 Å². The van der Waals surface area contributed by atoms with Crippen LogP contribution in [0.1, 0.15) is 44.4 Å². The van der Waals surface area contributed by atoms with Crippen LogP contribution >= 0.6 is 23.2 Å². The van der Waals surface area contributed by atoms with E-state index in [4.69, 9.17) is 23.2 Å². The number of aromatic nitrogens is 1. The minimum Gasteiger partial charge on any atom is -0.315 e. The maximum absolute atomic E-state index is 15.6. The zero-order valence-electron chi connectivity index (χ0n) is 20.6. The first-order chi connectivity index (χ1) is 17.5. The van der Waals surface area contributed by atoms with Gasteiger partial charge in [-0.1, -0.05) is 62.2 Å². The molecule has 0 bridgehead atoms. The van der Waals surface area contributed by atoms with Crippen molar-refractivity contribution in [2.45, 2.75) is 38.6 Å². The van der Waals surface area contributed by atoms with Crippen LogP contribution in [0.3, 0.4) is 0 Å². The van der Waals surface area contributed by atoms with E-state index in [1.54, 1.807) is 24.4 Å². The van der Waals surface area contributed by atoms with E-state index >= 15 is 8.78 Å². The summed E-state index contributed by atoms with van der Waals surface area (Å²) in [5.74, 6) is -2.01. The Morgan fingerprint density at radius 1 is 1.22 bits per heavy atom.